The molecule has 0 aliphatic carbocycles. The van der Waals surface area contributed by atoms with Crippen LogP contribution >= 0.6 is 23.2 Å². The van der Waals surface area contributed by atoms with Gasteiger partial charge in [-0.2, -0.15) is 0 Å². The highest BCUT2D eigenvalue weighted by Crippen LogP contribution is 2.36. The van der Waals surface area contributed by atoms with Gasteiger partial charge in [0.25, 0.3) is 0 Å². The van der Waals surface area contributed by atoms with E-state index in [2.05, 4.69) is 0 Å². The number of anilines is 1. The lowest BCUT2D eigenvalue weighted by molar-refractivity contribution is -0.383. The first-order valence-corrected chi connectivity index (χ1v) is 3.78. The third kappa shape index (κ3) is 1.66. The van der Waals surface area contributed by atoms with Crippen molar-refractivity contribution in [2.45, 2.75) is 0 Å². The Morgan fingerprint density at radius 3 is 2.54 bits per heavy atom. The van der Waals surface area contributed by atoms with Gasteiger partial charge in [0, 0.05) is 0 Å². The standard InChI is InChI=1S/C6H3Cl2FN2O2/c7-2-1-3(10)6(11(12)13)4(8)5(2)9/h1H,10H2. The van der Waals surface area contributed by atoms with E-state index < -0.39 is 21.5 Å². The summed E-state index contributed by atoms with van der Waals surface area (Å²) < 4.78 is 12.9. The molecule has 0 saturated carbocycles. The molecule has 0 amide bonds. The highest BCUT2D eigenvalue weighted by molar-refractivity contribution is 6.37. The van der Waals surface area contributed by atoms with Gasteiger partial charge < -0.3 is 5.73 Å². The SMILES string of the molecule is Nc1cc(Cl)c(F)c(Cl)c1[N+](=O)[O-]. The molecule has 1 rings (SSSR count). The van der Waals surface area contributed by atoms with Crippen LogP contribution in [0.5, 0.6) is 0 Å². The minimum absolute atomic E-state index is 0.263. The second kappa shape index (κ2) is 3.35. The van der Waals surface area contributed by atoms with Gasteiger partial charge in [0.2, 0.25) is 0 Å². The summed E-state index contributed by atoms with van der Waals surface area (Å²) in [5.41, 5.74) is 4.29. The molecule has 0 atom stereocenters. The lowest BCUT2D eigenvalue weighted by Gasteiger charge is -2.01. The Labute approximate surface area is 82.2 Å². The number of nitrogens with two attached hydrogens (primary N) is 1. The number of hydrogen-bond donors (Lipinski definition) is 1. The molecule has 0 saturated heterocycles. The molecule has 2 N–H and O–H groups in total. The molecule has 0 fully saturated rings. The molecule has 0 bridgehead atoms. The Morgan fingerprint density at radius 2 is 2.08 bits per heavy atom. The maximum Gasteiger partial charge on any atom is 0.313 e. The number of nitrogens with zero attached hydrogens (tertiary/aromatic N) is 1. The van der Waals surface area contributed by atoms with Crippen LogP contribution in [0.2, 0.25) is 10.0 Å². The molecule has 0 heterocycles. The van der Waals surface area contributed by atoms with Crippen LogP contribution in [0.3, 0.4) is 0 Å². The van der Waals surface area contributed by atoms with Gasteiger partial charge in [-0.05, 0) is 6.07 Å². The van der Waals surface area contributed by atoms with E-state index in [-0.39, 0.29) is 10.7 Å². The first-order valence-electron chi connectivity index (χ1n) is 3.02. The van der Waals surface area contributed by atoms with Gasteiger partial charge in [-0.3, -0.25) is 10.1 Å². The number of nitro groups is 1. The number of halogens is 3. The quantitative estimate of drug-likeness (QED) is 0.345. The zero-order chi connectivity index (χ0) is 10.2. The first-order chi connectivity index (χ1) is 5.95. The third-order valence-electron chi connectivity index (χ3n) is 1.35. The molecule has 0 unspecified atom stereocenters. The number of rotatable bonds is 1. The van der Waals surface area contributed by atoms with Crippen LogP contribution in [0.1, 0.15) is 0 Å². The first kappa shape index (κ1) is 10.0. The molecule has 0 aliphatic heterocycles. The average molecular weight is 225 g/mol. The second-order valence-corrected chi connectivity index (χ2v) is 2.97. The number of hydrogen-bond acceptors (Lipinski definition) is 3. The van der Waals surface area contributed by atoms with Gasteiger partial charge in [-0.15, -0.1) is 0 Å². The molecular weight excluding hydrogens is 222 g/mol. The van der Waals surface area contributed by atoms with Crippen molar-refractivity contribution < 1.29 is 9.31 Å². The van der Waals surface area contributed by atoms with Gasteiger partial charge in [-0.1, -0.05) is 23.2 Å². The monoisotopic (exact) mass is 224 g/mol. The van der Waals surface area contributed by atoms with E-state index >= 15 is 0 Å². The summed E-state index contributed by atoms with van der Waals surface area (Å²) in [4.78, 5) is 9.47. The normalized spacial score (nSPS) is 10.1. The zero-order valence-electron chi connectivity index (χ0n) is 6.05. The number of nitrogen functional groups attached to an aromatic ring is 1. The van der Waals surface area contributed by atoms with E-state index in [1.165, 1.54) is 0 Å². The van der Waals surface area contributed by atoms with Crippen LogP contribution in [0.25, 0.3) is 0 Å². The van der Waals surface area contributed by atoms with Crippen molar-refractivity contribution >= 4 is 34.6 Å². The number of nitro benzene ring substituents is 1. The molecule has 0 aromatic heterocycles. The fourth-order valence-electron chi connectivity index (χ4n) is 0.789. The van der Waals surface area contributed by atoms with Crippen LogP contribution < -0.4 is 5.73 Å². The lowest BCUT2D eigenvalue weighted by Crippen LogP contribution is -1.98. The van der Waals surface area contributed by atoms with Crippen LogP contribution in [-0.2, 0) is 0 Å². The molecule has 1 aromatic rings. The van der Waals surface area contributed by atoms with Crippen LogP contribution in [0, 0.1) is 15.9 Å². The molecular formula is C6H3Cl2FN2O2. The largest absolute Gasteiger partial charge is 0.393 e. The Bertz CT molecular complexity index is 383. The van der Waals surface area contributed by atoms with E-state index in [0.29, 0.717) is 0 Å². The lowest BCUT2D eigenvalue weighted by atomic mass is 10.2. The van der Waals surface area contributed by atoms with Gasteiger partial charge in [0.15, 0.2) is 10.8 Å². The van der Waals surface area contributed by atoms with Crippen molar-refractivity contribution in [3.63, 3.8) is 0 Å². The van der Waals surface area contributed by atoms with Gasteiger partial charge >= 0.3 is 5.69 Å². The Morgan fingerprint density at radius 1 is 1.54 bits per heavy atom. The summed E-state index contributed by atoms with van der Waals surface area (Å²) in [5, 5.41) is 9.33. The average Bonchev–Trinajstić information content (AvgIpc) is 1.99. The predicted octanol–water partition coefficient (Wildman–Crippen LogP) is 2.62. The molecule has 7 heteroatoms. The molecule has 0 aliphatic rings. The Balaban J connectivity index is 3.53. The van der Waals surface area contributed by atoms with Crippen molar-refractivity contribution in [1.29, 1.82) is 0 Å². The summed E-state index contributed by atoms with van der Waals surface area (Å²) >= 11 is 10.7. The smallest absolute Gasteiger partial charge is 0.313 e. The number of benzene rings is 1. The van der Waals surface area contributed by atoms with Crippen LogP contribution in [0.4, 0.5) is 15.8 Å². The highest BCUT2D eigenvalue weighted by atomic mass is 35.5. The predicted molar refractivity (Wildman–Crippen MR) is 47.5 cm³/mol. The maximum atomic E-state index is 12.9. The van der Waals surface area contributed by atoms with Crippen LogP contribution in [-0.4, -0.2) is 4.92 Å². The zero-order valence-corrected chi connectivity index (χ0v) is 7.56. The third-order valence-corrected chi connectivity index (χ3v) is 1.97. The summed E-state index contributed by atoms with van der Waals surface area (Å²) in [5.74, 6) is -1.04. The molecule has 13 heavy (non-hydrogen) atoms. The summed E-state index contributed by atoms with van der Waals surface area (Å²) in [6.45, 7) is 0. The van der Waals surface area contributed by atoms with E-state index in [1.807, 2.05) is 0 Å². The second-order valence-electron chi connectivity index (χ2n) is 2.18. The van der Waals surface area contributed by atoms with Crippen molar-refractivity contribution in [2.75, 3.05) is 5.73 Å². The molecule has 1 aromatic carbocycles. The molecule has 4 nitrogen and oxygen atoms in total. The van der Waals surface area contributed by atoms with Gasteiger partial charge in [-0.25, -0.2) is 4.39 Å². The summed E-state index contributed by atoms with van der Waals surface area (Å²) in [7, 11) is 0. The van der Waals surface area contributed by atoms with Crippen molar-refractivity contribution in [2.24, 2.45) is 0 Å². The van der Waals surface area contributed by atoms with Crippen LogP contribution in [0.15, 0.2) is 6.07 Å². The van der Waals surface area contributed by atoms with Crippen molar-refractivity contribution in [3.05, 3.63) is 32.0 Å². The molecule has 70 valence electrons. The fourth-order valence-corrected chi connectivity index (χ4v) is 1.33. The molecule has 0 spiro atoms. The molecule has 0 radical (unpaired) electrons. The Kier molecular flexibility index (Phi) is 2.58. The van der Waals surface area contributed by atoms with Crippen molar-refractivity contribution in [1.82, 2.24) is 0 Å². The fraction of sp³-hybridized carbons (Fsp3) is 0. The van der Waals surface area contributed by atoms with E-state index in [9.17, 15) is 14.5 Å². The maximum absolute atomic E-state index is 12.9. The van der Waals surface area contributed by atoms with E-state index in [1.54, 1.807) is 0 Å². The minimum Gasteiger partial charge on any atom is -0.393 e. The Hall–Kier alpha value is -1.07. The topological polar surface area (TPSA) is 69.2 Å². The minimum atomic E-state index is -1.04. The van der Waals surface area contributed by atoms with Gasteiger partial charge in [0.05, 0.1) is 9.95 Å². The highest BCUT2D eigenvalue weighted by Gasteiger charge is 2.23. The summed E-state index contributed by atoms with van der Waals surface area (Å²) in [6.07, 6.45) is 0. The van der Waals surface area contributed by atoms with E-state index in [4.69, 9.17) is 28.9 Å². The van der Waals surface area contributed by atoms with Crippen molar-refractivity contribution in [3.8, 4) is 0 Å². The summed E-state index contributed by atoms with van der Waals surface area (Å²) in [6, 6.07) is 0.945. The van der Waals surface area contributed by atoms with E-state index in [0.717, 1.165) is 6.07 Å². The van der Waals surface area contributed by atoms with Gasteiger partial charge in [0.1, 0.15) is 5.69 Å².